The van der Waals surface area contributed by atoms with E-state index in [1.807, 2.05) is 4.98 Å². The lowest BCUT2D eigenvalue weighted by Crippen LogP contribution is -2.12. The van der Waals surface area contributed by atoms with Gasteiger partial charge < -0.3 is 10.1 Å². The van der Waals surface area contributed by atoms with Crippen molar-refractivity contribution in [3.05, 3.63) is 23.4 Å². The normalized spacial score (nSPS) is 11.2. The predicted octanol–water partition coefficient (Wildman–Crippen LogP) is 2.71. The van der Waals surface area contributed by atoms with Gasteiger partial charge in [0.1, 0.15) is 11.5 Å². The van der Waals surface area contributed by atoms with Crippen molar-refractivity contribution in [2.75, 3.05) is 0 Å². The molecule has 0 atom stereocenters. The molecule has 7 heteroatoms. The molecule has 0 amide bonds. The highest BCUT2D eigenvalue weighted by atomic mass is 19.4. The van der Waals surface area contributed by atoms with Gasteiger partial charge in [-0.2, -0.15) is 13.2 Å². The molecule has 0 spiro atoms. The molecule has 1 aromatic rings. The van der Waals surface area contributed by atoms with Crippen LogP contribution in [-0.2, 0) is 6.18 Å². The highest BCUT2D eigenvalue weighted by Crippen LogP contribution is 2.39. The number of halogens is 3. The SMILES string of the molecule is C=Cc1c(N=C)[nH]c(C(=O)O)c1C(F)(F)F. The molecule has 0 saturated carbocycles. The molecule has 0 aromatic carbocycles. The summed E-state index contributed by atoms with van der Waals surface area (Å²) in [6.45, 7) is 6.23. The number of carboxylic acid groups (broad SMARTS) is 1. The van der Waals surface area contributed by atoms with Crippen molar-refractivity contribution in [3.63, 3.8) is 0 Å². The Morgan fingerprint density at radius 3 is 2.38 bits per heavy atom. The van der Waals surface area contributed by atoms with Crippen LogP contribution in [0.5, 0.6) is 0 Å². The van der Waals surface area contributed by atoms with E-state index in [-0.39, 0.29) is 5.82 Å². The maximum Gasteiger partial charge on any atom is 0.419 e. The van der Waals surface area contributed by atoms with Gasteiger partial charge in [0.25, 0.3) is 0 Å². The van der Waals surface area contributed by atoms with Crippen LogP contribution in [0.1, 0.15) is 21.6 Å². The molecule has 0 fully saturated rings. The first-order chi connectivity index (χ1) is 7.32. The summed E-state index contributed by atoms with van der Waals surface area (Å²) in [5, 5.41) is 8.63. The zero-order chi connectivity index (χ0) is 12.5. The number of nitrogens with one attached hydrogen (secondary N) is 1. The monoisotopic (exact) mass is 232 g/mol. The number of hydrogen-bond acceptors (Lipinski definition) is 2. The van der Waals surface area contributed by atoms with Crippen LogP contribution >= 0.6 is 0 Å². The Morgan fingerprint density at radius 2 is 2.06 bits per heavy atom. The maximum atomic E-state index is 12.6. The molecule has 0 radical (unpaired) electrons. The first-order valence-corrected chi connectivity index (χ1v) is 3.98. The van der Waals surface area contributed by atoms with E-state index in [1.54, 1.807) is 0 Å². The van der Waals surface area contributed by atoms with Crippen molar-refractivity contribution in [1.29, 1.82) is 0 Å². The molecule has 16 heavy (non-hydrogen) atoms. The van der Waals surface area contributed by atoms with Crippen LogP contribution in [0, 0.1) is 0 Å². The fourth-order valence-corrected chi connectivity index (χ4v) is 1.28. The Morgan fingerprint density at radius 1 is 1.50 bits per heavy atom. The number of rotatable bonds is 3. The number of alkyl halides is 3. The molecular weight excluding hydrogens is 225 g/mol. The van der Waals surface area contributed by atoms with Gasteiger partial charge in [0.05, 0.1) is 5.56 Å². The first-order valence-electron chi connectivity index (χ1n) is 3.98. The van der Waals surface area contributed by atoms with E-state index < -0.39 is 29.0 Å². The maximum absolute atomic E-state index is 12.6. The lowest BCUT2D eigenvalue weighted by atomic mass is 10.1. The average Bonchev–Trinajstić information content (AvgIpc) is 2.55. The molecule has 0 aliphatic rings. The number of hydrogen-bond donors (Lipinski definition) is 2. The van der Waals surface area contributed by atoms with Crippen LogP contribution in [0.4, 0.5) is 19.0 Å². The molecule has 1 heterocycles. The molecule has 2 N–H and O–H groups in total. The Labute approximate surface area is 88.1 Å². The molecule has 4 nitrogen and oxygen atoms in total. The number of carboxylic acids is 1. The van der Waals surface area contributed by atoms with Crippen molar-refractivity contribution >= 4 is 24.6 Å². The Kier molecular flexibility index (Phi) is 2.88. The summed E-state index contributed by atoms with van der Waals surface area (Å²) in [5.74, 6) is -1.98. The summed E-state index contributed by atoms with van der Waals surface area (Å²) < 4.78 is 37.8. The number of H-pyrrole nitrogens is 1. The standard InChI is InChI=1S/C9H7F3N2O2/c1-3-4-5(9(10,11)12)6(8(15)16)14-7(4)13-2/h3,14H,1-2H2,(H,15,16). The van der Waals surface area contributed by atoms with E-state index in [1.165, 1.54) is 0 Å². The Hall–Kier alpha value is -2.05. The highest BCUT2D eigenvalue weighted by Gasteiger charge is 2.40. The third kappa shape index (κ3) is 1.83. The summed E-state index contributed by atoms with van der Waals surface area (Å²) >= 11 is 0. The molecule has 1 aromatic heterocycles. The quantitative estimate of drug-likeness (QED) is 0.787. The van der Waals surface area contributed by atoms with Gasteiger partial charge in [0, 0.05) is 5.56 Å². The summed E-state index contributed by atoms with van der Waals surface area (Å²) in [4.78, 5) is 16.0. The van der Waals surface area contributed by atoms with E-state index in [0.717, 1.165) is 6.08 Å². The second kappa shape index (κ2) is 3.84. The van der Waals surface area contributed by atoms with E-state index in [2.05, 4.69) is 18.3 Å². The van der Waals surface area contributed by atoms with Crippen LogP contribution in [-0.4, -0.2) is 22.8 Å². The van der Waals surface area contributed by atoms with Crippen LogP contribution in [0.3, 0.4) is 0 Å². The van der Waals surface area contributed by atoms with Crippen LogP contribution < -0.4 is 0 Å². The van der Waals surface area contributed by atoms with E-state index in [9.17, 15) is 18.0 Å². The molecular formula is C9H7F3N2O2. The van der Waals surface area contributed by atoms with Gasteiger partial charge in [-0.1, -0.05) is 12.7 Å². The number of aromatic carboxylic acids is 1. The molecule has 0 aliphatic heterocycles. The topological polar surface area (TPSA) is 65.5 Å². The fourth-order valence-electron chi connectivity index (χ4n) is 1.28. The molecule has 0 bridgehead atoms. The largest absolute Gasteiger partial charge is 0.477 e. The van der Waals surface area contributed by atoms with E-state index in [4.69, 9.17) is 5.11 Å². The minimum atomic E-state index is -4.79. The number of aromatic nitrogens is 1. The van der Waals surface area contributed by atoms with Gasteiger partial charge in [0.2, 0.25) is 0 Å². The lowest BCUT2D eigenvalue weighted by Gasteiger charge is -2.06. The lowest BCUT2D eigenvalue weighted by molar-refractivity contribution is -0.138. The van der Waals surface area contributed by atoms with Crippen LogP contribution in [0.25, 0.3) is 6.08 Å². The highest BCUT2D eigenvalue weighted by molar-refractivity contribution is 5.91. The molecule has 0 saturated heterocycles. The Bertz CT molecular complexity index is 460. The summed E-state index contributed by atoms with van der Waals surface area (Å²) in [7, 11) is 0. The van der Waals surface area contributed by atoms with E-state index in [0.29, 0.717) is 0 Å². The second-order valence-corrected chi connectivity index (χ2v) is 2.80. The summed E-state index contributed by atoms with van der Waals surface area (Å²) in [6.07, 6.45) is -3.91. The third-order valence-electron chi connectivity index (χ3n) is 1.88. The van der Waals surface area contributed by atoms with E-state index >= 15 is 0 Å². The van der Waals surface area contributed by atoms with Gasteiger partial charge in [-0.05, 0) is 6.72 Å². The van der Waals surface area contributed by atoms with Crippen molar-refractivity contribution in [3.8, 4) is 0 Å². The molecule has 86 valence electrons. The average molecular weight is 232 g/mol. The zero-order valence-electron chi connectivity index (χ0n) is 7.93. The zero-order valence-corrected chi connectivity index (χ0v) is 7.93. The third-order valence-corrected chi connectivity index (χ3v) is 1.88. The van der Waals surface area contributed by atoms with Gasteiger partial charge in [-0.3, -0.25) is 0 Å². The smallest absolute Gasteiger partial charge is 0.419 e. The van der Waals surface area contributed by atoms with Gasteiger partial charge in [-0.15, -0.1) is 0 Å². The summed E-state index contributed by atoms with van der Waals surface area (Å²) in [6, 6.07) is 0. The van der Waals surface area contributed by atoms with Crippen molar-refractivity contribution in [1.82, 2.24) is 4.98 Å². The minimum Gasteiger partial charge on any atom is -0.477 e. The van der Waals surface area contributed by atoms with Crippen LogP contribution in [0.15, 0.2) is 11.6 Å². The van der Waals surface area contributed by atoms with Gasteiger partial charge in [-0.25, -0.2) is 9.79 Å². The van der Waals surface area contributed by atoms with Gasteiger partial charge in [0.15, 0.2) is 0 Å². The fraction of sp³-hybridized carbons (Fsp3) is 0.111. The molecule has 0 aliphatic carbocycles. The van der Waals surface area contributed by atoms with Crippen molar-refractivity contribution in [2.45, 2.75) is 6.18 Å². The van der Waals surface area contributed by atoms with Crippen molar-refractivity contribution < 1.29 is 23.1 Å². The van der Waals surface area contributed by atoms with Gasteiger partial charge >= 0.3 is 12.1 Å². The second-order valence-electron chi connectivity index (χ2n) is 2.80. The molecule has 0 unspecified atom stereocenters. The van der Waals surface area contributed by atoms with Crippen molar-refractivity contribution in [2.24, 2.45) is 4.99 Å². The number of carbonyl (C=O) groups is 1. The number of aliphatic imine (C=N–C) groups is 1. The Balaban J connectivity index is 3.64. The van der Waals surface area contributed by atoms with Crippen LogP contribution in [0.2, 0.25) is 0 Å². The minimum absolute atomic E-state index is 0.264. The first kappa shape index (κ1) is 12.0. The summed E-state index contributed by atoms with van der Waals surface area (Å²) in [5.41, 5.74) is -2.68. The number of nitrogens with zero attached hydrogens (tertiary/aromatic N) is 1. The predicted molar refractivity (Wildman–Crippen MR) is 52.1 cm³/mol. The molecule has 1 rings (SSSR count). The number of aromatic amines is 1.